The van der Waals surface area contributed by atoms with Crippen molar-refractivity contribution >= 4 is 0 Å². The lowest BCUT2D eigenvalue weighted by atomic mass is 9.99. The third-order valence-electron chi connectivity index (χ3n) is 3.58. The molecular formula is C18H31NO. The maximum atomic E-state index is 5.51. The van der Waals surface area contributed by atoms with E-state index < -0.39 is 0 Å². The van der Waals surface area contributed by atoms with E-state index in [-0.39, 0.29) is 0 Å². The second kappa shape index (κ2) is 10.7. The molecule has 2 nitrogen and oxygen atoms in total. The summed E-state index contributed by atoms with van der Waals surface area (Å²) in [5.74, 6) is 0.969. The predicted molar refractivity (Wildman–Crippen MR) is 87.4 cm³/mol. The summed E-state index contributed by atoms with van der Waals surface area (Å²) in [6, 6.07) is 9.08. The van der Waals surface area contributed by atoms with Crippen LogP contribution in [0.25, 0.3) is 0 Å². The maximum Gasteiger partial charge on any atom is 0.119 e. The summed E-state index contributed by atoms with van der Waals surface area (Å²) in [7, 11) is 0. The number of ether oxygens (including phenoxy) is 1. The van der Waals surface area contributed by atoms with Gasteiger partial charge in [-0.2, -0.15) is 0 Å². The van der Waals surface area contributed by atoms with E-state index in [2.05, 4.69) is 43.4 Å². The lowest BCUT2D eigenvalue weighted by molar-refractivity contribution is 0.340. The van der Waals surface area contributed by atoms with Gasteiger partial charge in [0.1, 0.15) is 5.75 Å². The topological polar surface area (TPSA) is 21.3 Å². The average molecular weight is 277 g/mol. The van der Waals surface area contributed by atoms with Crippen LogP contribution in [-0.2, 0) is 0 Å². The van der Waals surface area contributed by atoms with Crippen LogP contribution in [-0.4, -0.2) is 13.2 Å². The van der Waals surface area contributed by atoms with E-state index in [9.17, 15) is 0 Å². The van der Waals surface area contributed by atoms with Crippen molar-refractivity contribution in [2.75, 3.05) is 13.2 Å². The molecule has 1 aromatic carbocycles. The Morgan fingerprint density at radius 3 is 2.30 bits per heavy atom. The van der Waals surface area contributed by atoms with Crippen LogP contribution in [0.3, 0.4) is 0 Å². The molecule has 20 heavy (non-hydrogen) atoms. The quantitative estimate of drug-likeness (QED) is 0.568. The van der Waals surface area contributed by atoms with Crippen LogP contribution < -0.4 is 10.1 Å². The van der Waals surface area contributed by atoms with Crippen molar-refractivity contribution < 1.29 is 4.74 Å². The van der Waals surface area contributed by atoms with Crippen molar-refractivity contribution in [3.63, 3.8) is 0 Å². The molecule has 0 aliphatic rings. The summed E-state index contributed by atoms with van der Waals surface area (Å²) in [5.41, 5.74) is 1.39. The number of benzene rings is 1. The van der Waals surface area contributed by atoms with Crippen LogP contribution in [0, 0.1) is 0 Å². The van der Waals surface area contributed by atoms with Gasteiger partial charge in [-0.25, -0.2) is 0 Å². The van der Waals surface area contributed by atoms with E-state index in [0.29, 0.717) is 6.04 Å². The minimum absolute atomic E-state index is 0.488. The molecule has 0 saturated carbocycles. The molecule has 0 aromatic heterocycles. The Morgan fingerprint density at radius 2 is 1.70 bits per heavy atom. The minimum Gasteiger partial charge on any atom is -0.494 e. The third-order valence-corrected chi connectivity index (χ3v) is 3.58. The van der Waals surface area contributed by atoms with Crippen molar-refractivity contribution in [1.29, 1.82) is 0 Å². The number of hydrogen-bond donors (Lipinski definition) is 1. The highest BCUT2D eigenvalue weighted by Gasteiger charge is 2.10. The van der Waals surface area contributed by atoms with Crippen molar-refractivity contribution in [3.8, 4) is 5.75 Å². The minimum atomic E-state index is 0.488. The molecule has 0 aliphatic heterocycles. The van der Waals surface area contributed by atoms with Gasteiger partial charge in [0.15, 0.2) is 0 Å². The standard InChI is InChI=1S/C18H31NO/c1-4-7-8-9-10-18(19-15-5-2)16-11-13-17(14-12-16)20-6-3/h11-14,18-19H,4-10,15H2,1-3H3. The average Bonchev–Trinajstić information content (AvgIpc) is 2.48. The van der Waals surface area contributed by atoms with E-state index in [4.69, 9.17) is 4.74 Å². The molecule has 1 N–H and O–H groups in total. The fourth-order valence-electron chi connectivity index (χ4n) is 2.44. The van der Waals surface area contributed by atoms with E-state index in [1.54, 1.807) is 0 Å². The summed E-state index contributed by atoms with van der Waals surface area (Å²) < 4.78 is 5.51. The first-order chi connectivity index (χ1) is 9.81. The van der Waals surface area contributed by atoms with Crippen LogP contribution >= 0.6 is 0 Å². The van der Waals surface area contributed by atoms with Gasteiger partial charge in [0.25, 0.3) is 0 Å². The van der Waals surface area contributed by atoms with Crippen LogP contribution in [0.5, 0.6) is 5.75 Å². The fourth-order valence-corrected chi connectivity index (χ4v) is 2.44. The zero-order valence-electron chi connectivity index (χ0n) is 13.5. The molecule has 0 bridgehead atoms. The first kappa shape index (κ1) is 17.0. The number of unbranched alkanes of at least 4 members (excludes halogenated alkanes) is 3. The predicted octanol–water partition coefficient (Wildman–Crippen LogP) is 5.10. The van der Waals surface area contributed by atoms with Gasteiger partial charge in [0, 0.05) is 6.04 Å². The van der Waals surface area contributed by atoms with Gasteiger partial charge in [0.2, 0.25) is 0 Å². The lowest BCUT2D eigenvalue weighted by Gasteiger charge is -2.19. The Hall–Kier alpha value is -1.02. The van der Waals surface area contributed by atoms with Gasteiger partial charge in [-0.15, -0.1) is 0 Å². The molecule has 0 saturated heterocycles. The summed E-state index contributed by atoms with van der Waals surface area (Å²) in [5, 5.41) is 3.67. The molecule has 1 atom stereocenters. The molecule has 0 amide bonds. The second-order valence-corrected chi connectivity index (χ2v) is 5.36. The maximum absolute atomic E-state index is 5.51. The van der Waals surface area contributed by atoms with Gasteiger partial charge in [0.05, 0.1) is 6.61 Å². The van der Waals surface area contributed by atoms with Crippen LogP contribution in [0.15, 0.2) is 24.3 Å². The molecule has 114 valence electrons. The Labute approximate surface area is 124 Å². The van der Waals surface area contributed by atoms with Gasteiger partial charge >= 0.3 is 0 Å². The molecule has 0 fully saturated rings. The van der Waals surface area contributed by atoms with Crippen molar-refractivity contribution in [2.24, 2.45) is 0 Å². The summed E-state index contributed by atoms with van der Waals surface area (Å²) in [6.07, 6.45) is 7.72. The zero-order valence-corrected chi connectivity index (χ0v) is 13.5. The number of rotatable bonds is 11. The molecule has 0 heterocycles. The Bertz CT molecular complexity index is 334. The summed E-state index contributed by atoms with van der Waals surface area (Å²) >= 11 is 0. The van der Waals surface area contributed by atoms with E-state index in [1.165, 1.54) is 44.1 Å². The molecule has 1 aromatic rings. The van der Waals surface area contributed by atoms with Crippen molar-refractivity contribution in [1.82, 2.24) is 5.32 Å². The molecule has 0 aliphatic carbocycles. The van der Waals surface area contributed by atoms with Crippen LogP contribution in [0.4, 0.5) is 0 Å². The molecule has 0 spiro atoms. The molecular weight excluding hydrogens is 246 g/mol. The highest BCUT2D eigenvalue weighted by Crippen LogP contribution is 2.23. The van der Waals surface area contributed by atoms with Gasteiger partial charge < -0.3 is 10.1 Å². The highest BCUT2D eigenvalue weighted by molar-refractivity contribution is 5.29. The fraction of sp³-hybridized carbons (Fsp3) is 0.667. The van der Waals surface area contributed by atoms with E-state index in [0.717, 1.165) is 18.9 Å². The highest BCUT2D eigenvalue weighted by atomic mass is 16.5. The summed E-state index contributed by atoms with van der Waals surface area (Å²) in [4.78, 5) is 0. The first-order valence-corrected chi connectivity index (χ1v) is 8.27. The molecule has 0 radical (unpaired) electrons. The zero-order chi connectivity index (χ0) is 14.6. The monoisotopic (exact) mass is 277 g/mol. The second-order valence-electron chi connectivity index (χ2n) is 5.36. The van der Waals surface area contributed by atoms with E-state index >= 15 is 0 Å². The van der Waals surface area contributed by atoms with Crippen molar-refractivity contribution in [2.45, 2.75) is 65.3 Å². The normalized spacial score (nSPS) is 12.3. The molecule has 1 unspecified atom stereocenters. The van der Waals surface area contributed by atoms with E-state index in [1.807, 2.05) is 6.92 Å². The Kier molecular flexibility index (Phi) is 9.14. The first-order valence-electron chi connectivity index (χ1n) is 8.27. The Balaban J connectivity index is 2.56. The Morgan fingerprint density at radius 1 is 0.950 bits per heavy atom. The largest absolute Gasteiger partial charge is 0.494 e. The third kappa shape index (κ3) is 6.42. The van der Waals surface area contributed by atoms with Crippen LogP contribution in [0.2, 0.25) is 0 Å². The van der Waals surface area contributed by atoms with Gasteiger partial charge in [-0.3, -0.25) is 0 Å². The smallest absolute Gasteiger partial charge is 0.119 e. The summed E-state index contributed by atoms with van der Waals surface area (Å²) in [6.45, 7) is 8.32. The lowest BCUT2D eigenvalue weighted by Crippen LogP contribution is -2.22. The SMILES string of the molecule is CCCCCCC(NCCC)c1ccc(OCC)cc1. The van der Waals surface area contributed by atoms with Crippen molar-refractivity contribution in [3.05, 3.63) is 29.8 Å². The number of hydrogen-bond acceptors (Lipinski definition) is 2. The molecule has 2 heteroatoms. The van der Waals surface area contributed by atoms with Crippen LogP contribution in [0.1, 0.15) is 70.9 Å². The number of nitrogens with one attached hydrogen (secondary N) is 1. The van der Waals surface area contributed by atoms with Gasteiger partial charge in [-0.05, 0) is 44.0 Å². The van der Waals surface area contributed by atoms with Gasteiger partial charge in [-0.1, -0.05) is 51.7 Å². The molecule has 1 rings (SSSR count).